The third-order valence-electron chi connectivity index (χ3n) is 5.45. The molecule has 1 N–H and O–H groups in total. The van der Waals surface area contributed by atoms with Gasteiger partial charge in [-0.25, -0.2) is 4.98 Å². The monoisotopic (exact) mass is 360 g/mol. The summed E-state index contributed by atoms with van der Waals surface area (Å²) in [5.41, 5.74) is 2.71. The number of aliphatic hydroxyl groups is 1. The molecule has 0 saturated heterocycles. The fraction of sp³-hybridized carbons (Fsp3) is 0.292. The third-order valence-corrected chi connectivity index (χ3v) is 5.45. The van der Waals surface area contributed by atoms with Gasteiger partial charge in [0, 0.05) is 17.5 Å². The number of aliphatic hydroxyl groups excluding tert-OH is 1. The summed E-state index contributed by atoms with van der Waals surface area (Å²) in [6.45, 7) is 10.2. The van der Waals surface area contributed by atoms with E-state index in [1.165, 1.54) is 0 Å². The maximum atomic E-state index is 11.6. The van der Waals surface area contributed by atoms with Crippen LogP contribution in [0.25, 0.3) is 0 Å². The molecule has 3 unspecified atom stereocenters. The molecule has 3 rings (SSSR count). The van der Waals surface area contributed by atoms with Gasteiger partial charge in [-0.1, -0.05) is 80.6 Å². The fourth-order valence-electron chi connectivity index (χ4n) is 3.88. The van der Waals surface area contributed by atoms with Crippen molar-refractivity contribution in [3.05, 3.63) is 103 Å². The van der Waals surface area contributed by atoms with Gasteiger partial charge in [-0.15, -0.1) is 6.58 Å². The van der Waals surface area contributed by atoms with Gasteiger partial charge >= 0.3 is 0 Å². The van der Waals surface area contributed by atoms with Gasteiger partial charge in [-0.2, -0.15) is 0 Å². The van der Waals surface area contributed by atoms with Crippen molar-refractivity contribution >= 4 is 0 Å². The van der Waals surface area contributed by atoms with Crippen LogP contribution in [0.1, 0.15) is 42.6 Å². The van der Waals surface area contributed by atoms with Gasteiger partial charge < -0.3 is 9.67 Å². The van der Waals surface area contributed by atoms with Crippen LogP contribution in [-0.4, -0.2) is 20.8 Å². The van der Waals surface area contributed by atoms with Gasteiger partial charge in [-0.05, 0) is 18.1 Å². The molecule has 0 radical (unpaired) electrons. The Balaban J connectivity index is 2.04. The maximum absolute atomic E-state index is 11.6. The number of hydrogen-bond donors (Lipinski definition) is 1. The van der Waals surface area contributed by atoms with E-state index in [1.807, 2.05) is 60.2 Å². The summed E-state index contributed by atoms with van der Waals surface area (Å²) in [4.78, 5) is 4.38. The topological polar surface area (TPSA) is 38.0 Å². The Hall–Kier alpha value is -2.65. The predicted molar refractivity (Wildman–Crippen MR) is 111 cm³/mol. The van der Waals surface area contributed by atoms with Crippen LogP contribution in [0.4, 0.5) is 0 Å². The van der Waals surface area contributed by atoms with Gasteiger partial charge in [0.2, 0.25) is 0 Å². The largest absolute Gasteiger partial charge is 0.390 e. The van der Waals surface area contributed by atoms with Gasteiger partial charge in [0.1, 0.15) is 0 Å². The fourth-order valence-corrected chi connectivity index (χ4v) is 3.88. The molecule has 2 aromatic carbocycles. The summed E-state index contributed by atoms with van der Waals surface area (Å²) in [5, 5.41) is 11.6. The zero-order valence-electron chi connectivity index (χ0n) is 16.3. The molecule has 3 aromatic rings. The van der Waals surface area contributed by atoms with Crippen molar-refractivity contribution in [1.82, 2.24) is 9.55 Å². The van der Waals surface area contributed by atoms with Crippen LogP contribution in [0.2, 0.25) is 0 Å². The summed E-state index contributed by atoms with van der Waals surface area (Å²) in [6.07, 6.45) is 5.09. The molecule has 1 heterocycles. The quantitative estimate of drug-likeness (QED) is 0.593. The zero-order chi connectivity index (χ0) is 19.4. The highest BCUT2D eigenvalue weighted by Gasteiger charge is 2.41. The Morgan fingerprint density at radius 2 is 1.56 bits per heavy atom. The van der Waals surface area contributed by atoms with E-state index >= 15 is 0 Å². The smallest absolute Gasteiger partial charge is 0.0955 e. The highest BCUT2D eigenvalue weighted by Crippen LogP contribution is 2.44. The van der Waals surface area contributed by atoms with Crippen LogP contribution < -0.4 is 0 Å². The van der Waals surface area contributed by atoms with Crippen molar-refractivity contribution in [2.75, 3.05) is 0 Å². The minimum Gasteiger partial charge on any atom is -0.390 e. The van der Waals surface area contributed by atoms with E-state index < -0.39 is 11.5 Å². The highest BCUT2D eigenvalue weighted by molar-refractivity contribution is 5.29. The number of benzene rings is 2. The van der Waals surface area contributed by atoms with E-state index in [4.69, 9.17) is 0 Å². The number of rotatable bonds is 7. The lowest BCUT2D eigenvalue weighted by molar-refractivity contribution is 0.00972. The van der Waals surface area contributed by atoms with E-state index in [0.717, 1.165) is 16.8 Å². The van der Waals surface area contributed by atoms with Crippen molar-refractivity contribution in [2.45, 2.75) is 38.8 Å². The summed E-state index contributed by atoms with van der Waals surface area (Å²) >= 11 is 0. The second kappa shape index (κ2) is 7.93. The Bertz CT molecular complexity index is 868. The van der Waals surface area contributed by atoms with Gasteiger partial charge in [-0.3, -0.25) is 0 Å². The van der Waals surface area contributed by atoms with Crippen molar-refractivity contribution < 1.29 is 5.11 Å². The van der Waals surface area contributed by atoms with E-state index in [0.29, 0.717) is 0 Å². The molecular weight excluding hydrogens is 332 g/mol. The number of nitrogens with zero attached hydrogens (tertiary/aromatic N) is 2. The Labute approximate surface area is 162 Å². The van der Waals surface area contributed by atoms with Crippen LogP contribution in [0.5, 0.6) is 0 Å². The minimum absolute atomic E-state index is 0.0181. The lowest BCUT2D eigenvalue weighted by Crippen LogP contribution is -2.41. The molecule has 3 heteroatoms. The summed E-state index contributed by atoms with van der Waals surface area (Å²) in [6, 6.07) is 20.2. The minimum atomic E-state index is -0.642. The third kappa shape index (κ3) is 3.88. The lowest BCUT2D eigenvalue weighted by Gasteiger charge is -2.41. The second-order valence-corrected chi connectivity index (χ2v) is 7.71. The van der Waals surface area contributed by atoms with Gasteiger partial charge in [0.05, 0.1) is 24.2 Å². The second-order valence-electron chi connectivity index (χ2n) is 7.71. The molecule has 140 valence electrons. The Morgan fingerprint density at radius 1 is 1.00 bits per heavy atom. The number of aromatic nitrogens is 2. The van der Waals surface area contributed by atoms with Crippen LogP contribution in [0.3, 0.4) is 0 Å². The molecule has 0 aliphatic heterocycles. The summed E-state index contributed by atoms with van der Waals surface area (Å²) < 4.78 is 2.02. The van der Waals surface area contributed by atoms with Crippen LogP contribution in [0, 0.1) is 12.3 Å². The maximum Gasteiger partial charge on any atom is 0.0955 e. The molecule has 0 aliphatic rings. The van der Waals surface area contributed by atoms with Crippen molar-refractivity contribution in [2.24, 2.45) is 5.41 Å². The first kappa shape index (κ1) is 19.1. The average Bonchev–Trinajstić information content (AvgIpc) is 3.10. The van der Waals surface area contributed by atoms with Crippen molar-refractivity contribution in [3.63, 3.8) is 0 Å². The first-order valence-electron chi connectivity index (χ1n) is 9.35. The highest BCUT2D eigenvalue weighted by atomic mass is 16.3. The van der Waals surface area contributed by atoms with Crippen LogP contribution >= 0.6 is 0 Å². The average molecular weight is 361 g/mol. The number of allylic oxidation sites excluding steroid dienone is 1. The molecule has 27 heavy (non-hydrogen) atoms. The molecule has 3 atom stereocenters. The predicted octanol–water partition coefficient (Wildman–Crippen LogP) is 5.14. The van der Waals surface area contributed by atoms with E-state index in [2.05, 4.69) is 49.7 Å². The molecule has 0 fully saturated rings. The van der Waals surface area contributed by atoms with Crippen LogP contribution in [-0.2, 0) is 0 Å². The molecule has 0 amide bonds. The van der Waals surface area contributed by atoms with Crippen molar-refractivity contribution in [3.8, 4) is 0 Å². The number of imidazole rings is 1. The summed E-state index contributed by atoms with van der Waals surface area (Å²) in [5.74, 6) is 0.0181. The normalized spacial score (nSPS) is 15.1. The molecular formula is C24H28N2O. The molecule has 3 nitrogen and oxygen atoms in total. The first-order valence-corrected chi connectivity index (χ1v) is 9.35. The standard InChI is InChI=1S/C24H28N2O/c1-5-21(19-12-8-6-9-13-19)24(3,4)23(27)22(20-14-10-7-11-15-20)26-16-18(2)25-17-26/h5-17,21-23,27H,1H2,2-4H3. The Kier molecular flexibility index (Phi) is 5.62. The SMILES string of the molecule is C=CC(c1ccccc1)C(C)(C)C(O)C(c1ccccc1)n1cnc(C)c1. The zero-order valence-corrected chi connectivity index (χ0v) is 16.3. The molecule has 1 aromatic heterocycles. The summed E-state index contributed by atoms with van der Waals surface area (Å²) in [7, 11) is 0. The molecule has 0 aliphatic carbocycles. The van der Waals surface area contributed by atoms with E-state index in [9.17, 15) is 5.11 Å². The van der Waals surface area contributed by atoms with Gasteiger partial charge in [0.25, 0.3) is 0 Å². The van der Waals surface area contributed by atoms with E-state index in [-0.39, 0.29) is 12.0 Å². The van der Waals surface area contributed by atoms with Crippen molar-refractivity contribution in [1.29, 1.82) is 0 Å². The number of aryl methyl sites for hydroxylation is 1. The molecule has 0 spiro atoms. The number of hydrogen-bond acceptors (Lipinski definition) is 2. The van der Waals surface area contributed by atoms with Crippen LogP contribution in [0.15, 0.2) is 85.8 Å². The first-order chi connectivity index (χ1) is 12.9. The molecule has 0 bridgehead atoms. The Morgan fingerprint density at radius 3 is 2.04 bits per heavy atom. The molecule has 0 saturated carbocycles. The van der Waals surface area contributed by atoms with E-state index in [1.54, 1.807) is 6.33 Å². The van der Waals surface area contributed by atoms with Gasteiger partial charge in [0.15, 0.2) is 0 Å². The lowest BCUT2D eigenvalue weighted by atomic mass is 9.68.